The lowest BCUT2D eigenvalue weighted by Gasteiger charge is -2.00. The van der Waals surface area contributed by atoms with Crippen LogP contribution in [0, 0.1) is 20.2 Å². The van der Waals surface area contributed by atoms with Gasteiger partial charge in [-0.1, -0.05) is 11.6 Å². The van der Waals surface area contributed by atoms with Crippen LogP contribution >= 0.6 is 11.6 Å². The molecule has 0 radical (unpaired) electrons. The Morgan fingerprint density at radius 2 is 1.43 bits per heavy atom. The zero-order valence-corrected chi connectivity index (χ0v) is 12.7. The van der Waals surface area contributed by atoms with Crippen molar-refractivity contribution in [3.8, 4) is 5.75 Å². The zero-order valence-electron chi connectivity index (χ0n) is 11.9. The highest BCUT2D eigenvalue weighted by Crippen LogP contribution is 2.25. The third-order valence-electron chi connectivity index (χ3n) is 2.62. The van der Waals surface area contributed by atoms with Crippen LogP contribution in [-0.2, 0) is 0 Å². The van der Waals surface area contributed by atoms with Gasteiger partial charge in [-0.05, 0) is 18.2 Å². The maximum atomic E-state index is 10.3. The van der Waals surface area contributed by atoms with Gasteiger partial charge in [0.05, 0.1) is 17.0 Å². The summed E-state index contributed by atoms with van der Waals surface area (Å²) in [4.78, 5) is 19.4. The summed E-state index contributed by atoms with van der Waals surface area (Å²) in [6.07, 6.45) is 0. The van der Waals surface area contributed by atoms with Crippen LogP contribution in [-0.4, -0.2) is 17.0 Å². The molecular formula is C13H13ClN4O5. The molecule has 0 aromatic heterocycles. The Bertz CT molecular complexity index is 738. The molecular weight excluding hydrogens is 328 g/mol. The summed E-state index contributed by atoms with van der Waals surface area (Å²) >= 11 is 5.52. The van der Waals surface area contributed by atoms with E-state index in [1.165, 1.54) is 43.5 Å². The van der Waals surface area contributed by atoms with Gasteiger partial charge in [0.15, 0.2) is 0 Å². The summed E-state index contributed by atoms with van der Waals surface area (Å²) in [6, 6.07) is 8.27. The molecule has 4 N–H and O–H groups in total. The second-order valence-electron chi connectivity index (χ2n) is 4.14. The van der Waals surface area contributed by atoms with Crippen LogP contribution in [0.25, 0.3) is 0 Å². The Kier molecular flexibility index (Phi) is 6.10. The lowest BCUT2D eigenvalue weighted by molar-refractivity contribution is -0.384. The standard InChI is InChI=1S/C7H8N2O3.C6H5ClN2O2/c1-12-5-2-3-7(9(10)11)6(8)4-5;7-4-1-2-6(9(10)11)5(8)3-4/h2-4H,8H2,1H3;1-3H,8H2. The summed E-state index contributed by atoms with van der Waals surface area (Å²) in [7, 11) is 1.47. The summed E-state index contributed by atoms with van der Waals surface area (Å²) < 4.78 is 4.83. The molecule has 2 aromatic rings. The Labute approximate surface area is 135 Å². The Hall–Kier alpha value is -3.07. The minimum Gasteiger partial charge on any atom is -0.497 e. The second-order valence-corrected chi connectivity index (χ2v) is 4.58. The van der Waals surface area contributed by atoms with Crippen LogP contribution in [0.2, 0.25) is 5.02 Å². The number of anilines is 2. The van der Waals surface area contributed by atoms with Crippen molar-refractivity contribution in [1.82, 2.24) is 0 Å². The van der Waals surface area contributed by atoms with E-state index in [1.54, 1.807) is 0 Å². The van der Waals surface area contributed by atoms with Gasteiger partial charge >= 0.3 is 0 Å². The van der Waals surface area contributed by atoms with Gasteiger partial charge in [-0.3, -0.25) is 20.2 Å². The first-order chi connectivity index (χ1) is 10.8. The van der Waals surface area contributed by atoms with Crippen molar-refractivity contribution in [1.29, 1.82) is 0 Å². The molecule has 0 aliphatic rings. The first kappa shape index (κ1) is 18.0. The number of nitrogen functional groups attached to an aromatic ring is 2. The fourth-order valence-electron chi connectivity index (χ4n) is 1.52. The molecule has 0 saturated carbocycles. The van der Waals surface area contributed by atoms with Crippen molar-refractivity contribution >= 4 is 34.4 Å². The molecule has 0 saturated heterocycles. The molecule has 0 aliphatic carbocycles. The Morgan fingerprint density at radius 1 is 0.957 bits per heavy atom. The summed E-state index contributed by atoms with van der Waals surface area (Å²) in [6.45, 7) is 0. The number of rotatable bonds is 3. The highest BCUT2D eigenvalue weighted by molar-refractivity contribution is 6.30. The lowest BCUT2D eigenvalue weighted by Crippen LogP contribution is -1.95. The predicted molar refractivity (Wildman–Crippen MR) is 86.6 cm³/mol. The lowest BCUT2D eigenvalue weighted by atomic mass is 10.2. The smallest absolute Gasteiger partial charge is 0.292 e. The first-order valence-electron chi connectivity index (χ1n) is 6.03. The minimum atomic E-state index is -0.550. The summed E-state index contributed by atoms with van der Waals surface area (Å²) in [5.74, 6) is 0.512. The average Bonchev–Trinajstić information content (AvgIpc) is 2.46. The molecule has 0 atom stereocenters. The number of nitrogens with zero attached hydrogens (tertiary/aromatic N) is 2. The number of ether oxygens (including phenoxy) is 1. The van der Waals surface area contributed by atoms with Crippen molar-refractivity contribution in [2.45, 2.75) is 0 Å². The number of nitro groups is 2. The highest BCUT2D eigenvalue weighted by Gasteiger charge is 2.11. The average molecular weight is 341 g/mol. The van der Waals surface area contributed by atoms with Gasteiger partial charge in [0.2, 0.25) is 0 Å². The number of halogens is 1. The molecule has 9 nitrogen and oxygen atoms in total. The van der Waals surface area contributed by atoms with Crippen molar-refractivity contribution in [2.75, 3.05) is 18.6 Å². The van der Waals surface area contributed by atoms with Crippen molar-refractivity contribution in [3.63, 3.8) is 0 Å². The van der Waals surface area contributed by atoms with Gasteiger partial charge in [-0.2, -0.15) is 0 Å². The van der Waals surface area contributed by atoms with E-state index in [-0.39, 0.29) is 22.7 Å². The Balaban J connectivity index is 0.000000231. The first-order valence-corrected chi connectivity index (χ1v) is 6.41. The van der Waals surface area contributed by atoms with Crippen molar-refractivity contribution in [2.24, 2.45) is 0 Å². The number of methoxy groups -OCH3 is 1. The molecule has 0 aliphatic heterocycles. The van der Waals surface area contributed by atoms with E-state index in [2.05, 4.69) is 0 Å². The maximum Gasteiger partial charge on any atom is 0.292 e. The molecule has 2 rings (SSSR count). The van der Waals surface area contributed by atoms with E-state index in [9.17, 15) is 20.2 Å². The van der Waals surface area contributed by atoms with Crippen LogP contribution < -0.4 is 16.2 Å². The highest BCUT2D eigenvalue weighted by atomic mass is 35.5. The van der Waals surface area contributed by atoms with Crippen LogP contribution in [0.1, 0.15) is 0 Å². The van der Waals surface area contributed by atoms with E-state index in [4.69, 9.17) is 27.8 Å². The number of hydrogen-bond donors (Lipinski definition) is 2. The van der Waals surface area contributed by atoms with Gasteiger partial charge in [0.1, 0.15) is 17.1 Å². The molecule has 2 aromatic carbocycles. The molecule has 0 amide bonds. The van der Waals surface area contributed by atoms with E-state index in [0.29, 0.717) is 10.8 Å². The third kappa shape index (κ3) is 5.00. The van der Waals surface area contributed by atoms with Crippen LogP contribution in [0.4, 0.5) is 22.7 Å². The van der Waals surface area contributed by atoms with Gasteiger partial charge < -0.3 is 16.2 Å². The van der Waals surface area contributed by atoms with Crippen molar-refractivity contribution < 1.29 is 14.6 Å². The monoisotopic (exact) mass is 340 g/mol. The van der Waals surface area contributed by atoms with E-state index < -0.39 is 9.85 Å². The zero-order chi connectivity index (χ0) is 17.6. The molecule has 23 heavy (non-hydrogen) atoms. The van der Waals surface area contributed by atoms with Crippen LogP contribution in [0.5, 0.6) is 5.75 Å². The van der Waals surface area contributed by atoms with Crippen LogP contribution in [0.15, 0.2) is 36.4 Å². The Morgan fingerprint density at radius 3 is 1.83 bits per heavy atom. The minimum absolute atomic E-state index is 0.0856. The molecule has 122 valence electrons. The van der Waals surface area contributed by atoms with Crippen molar-refractivity contribution in [3.05, 3.63) is 61.6 Å². The quantitative estimate of drug-likeness (QED) is 0.495. The molecule has 0 heterocycles. The molecule has 0 unspecified atom stereocenters. The largest absolute Gasteiger partial charge is 0.497 e. The maximum absolute atomic E-state index is 10.3. The topological polar surface area (TPSA) is 148 Å². The number of hydrogen-bond acceptors (Lipinski definition) is 7. The summed E-state index contributed by atoms with van der Waals surface area (Å²) in [5.41, 5.74) is 10.7. The van der Waals surface area contributed by atoms with Gasteiger partial charge in [0, 0.05) is 23.2 Å². The summed E-state index contributed by atoms with van der Waals surface area (Å²) in [5, 5.41) is 20.9. The number of nitro benzene ring substituents is 2. The molecule has 0 fully saturated rings. The SMILES string of the molecule is COc1ccc([N+](=O)[O-])c(N)c1.Nc1cc(Cl)ccc1[N+](=O)[O-]. The predicted octanol–water partition coefficient (Wildman–Crippen LogP) is 3.02. The van der Waals surface area contributed by atoms with Gasteiger partial charge in [-0.15, -0.1) is 0 Å². The second kappa shape index (κ2) is 7.80. The molecule has 0 bridgehead atoms. The third-order valence-corrected chi connectivity index (χ3v) is 2.85. The van der Waals surface area contributed by atoms with E-state index in [1.807, 2.05) is 0 Å². The van der Waals surface area contributed by atoms with Crippen LogP contribution in [0.3, 0.4) is 0 Å². The molecule has 0 spiro atoms. The van der Waals surface area contributed by atoms with E-state index >= 15 is 0 Å². The fourth-order valence-corrected chi connectivity index (χ4v) is 1.70. The van der Waals surface area contributed by atoms with E-state index in [0.717, 1.165) is 0 Å². The van der Waals surface area contributed by atoms with Gasteiger partial charge in [0.25, 0.3) is 11.4 Å². The normalized spacial score (nSPS) is 9.48. The fraction of sp³-hybridized carbons (Fsp3) is 0.0769. The van der Waals surface area contributed by atoms with Gasteiger partial charge in [-0.25, -0.2) is 0 Å². The number of benzene rings is 2. The number of nitrogens with two attached hydrogens (primary N) is 2. The molecule has 10 heteroatoms.